The molecule has 3 rings (SSSR count). The molecule has 2 fully saturated rings. The molecule has 0 heterocycles. The highest BCUT2D eigenvalue weighted by molar-refractivity contribution is 6.30. The number of amides is 1. The van der Waals surface area contributed by atoms with Crippen LogP contribution in [0.2, 0.25) is 5.02 Å². The van der Waals surface area contributed by atoms with E-state index in [1.165, 1.54) is 19.3 Å². The molecule has 1 N–H and O–H groups in total. The van der Waals surface area contributed by atoms with E-state index in [9.17, 15) is 4.79 Å². The van der Waals surface area contributed by atoms with Crippen molar-refractivity contribution in [3.8, 4) is 0 Å². The fourth-order valence-electron chi connectivity index (χ4n) is 4.48. The minimum Gasteiger partial charge on any atom is -0.348 e. The molecule has 0 unspecified atom stereocenters. The van der Waals surface area contributed by atoms with Crippen LogP contribution in [0.4, 0.5) is 0 Å². The minimum atomic E-state index is 0.0218. The lowest BCUT2D eigenvalue weighted by Crippen LogP contribution is -2.52. The number of hydrogen-bond acceptors (Lipinski definition) is 1. The zero-order valence-electron chi connectivity index (χ0n) is 12.4. The van der Waals surface area contributed by atoms with Gasteiger partial charge in [-0.25, -0.2) is 0 Å². The van der Waals surface area contributed by atoms with E-state index < -0.39 is 0 Å². The summed E-state index contributed by atoms with van der Waals surface area (Å²) in [6.07, 6.45) is 3.77. The van der Waals surface area contributed by atoms with E-state index in [-0.39, 0.29) is 22.8 Å². The topological polar surface area (TPSA) is 29.1 Å². The monoisotopic (exact) mass is 291 g/mol. The van der Waals surface area contributed by atoms with Crippen LogP contribution in [0, 0.1) is 16.7 Å². The van der Waals surface area contributed by atoms with Gasteiger partial charge in [-0.05, 0) is 60.3 Å². The molecule has 3 atom stereocenters. The minimum absolute atomic E-state index is 0.0218. The lowest BCUT2D eigenvalue weighted by Gasteiger charge is -2.43. The first-order valence-electron chi connectivity index (χ1n) is 7.39. The molecule has 2 aliphatic rings. The fraction of sp³-hybridized carbons (Fsp3) is 0.588. The van der Waals surface area contributed by atoms with Crippen molar-refractivity contribution < 1.29 is 4.79 Å². The van der Waals surface area contributed by atoms with Crippen molar-refractivity contribution in [1.82, 2.24) is 5.32 Å². The van der Waals surface area contributed by atoms with Crippen LogP contribution >= 0.6 is 11.6 Å². The molecule has 1 aromatic rings. The Morgan fingerprint density at radius 2 is 1.90 bits per heavy atom. The molecule has 2 nitrogen and oxygen atoms in total. The first-order chi connectivity index (χ1) is 9.33. The summed E-state index contributed by atoms with van der Waals surface area (Å²) in [5.74, 6) is 0.761. The maximum atomic E-state index is 12.5. The number of carbonyl (C=O) groups excluding carboxylic acids is 1. The average Bonchev–Trinajstić information content (AvgIpc) is 2.86. The van der Waals surface area contributed by atoms with Crippen LogP contribution in [0.25, 0.3) is 0 Å². The van der Waals surface area contributed by atoms with Gasteiger partial charge in [0, 0.05) is 16.6 Å². The number of benzene rings is 1. The molecule has 0 saturated heterocycles. The summed E-state index contributed by atoms with van der Waals surface area (Å²) in [5, 5.41) is 3.96. The number of fused-ring (bicyclic) bond motifs is 2. The standard InChI is InChI=1S/C17H22ClNO/c1-16(2)12-8-9-17(3,10-12)15(16)19-14(20)11-4-6-13(18)7-5-11/h4-7,12,15H,8-10H2,1-3H3,(H,19,20)/t12-,15+,17-/m0/s1. The van der Waals surface area contributed by atoms with E-state index in [2.05, 4.69) is 26.1 Å². The summed E-state index contributed by atoms with van der Waals surface area (Å²) in [7, 11) is 0. The summed E-state index contributed by atoms with van der Waals surface area (Å²) < 4.78 is 0. The van der Waals surface area contributed by atoms with E-state index >= 15 is 0 Å². The molecular weight excluding hydrogens is 270 g/mol. The van der Waals surface area contributed by atoms with E-state index in [4.69, 9.17) is 11.6 Å². The largest absolute Gasteiger partial charge is 0.348 e. The fourth-order valence-corrected chi connectivity index (χ4v) is 4.60. The Bertz CT molecular complexity index is 532. The molecule has 2 aliphatic carbocycles. The van der Waals surface area contributed by atoms with Crippen LogP contribution in [0.1, 0.15) is 50.4 Å². The third kappa shape index (κ3) is 2.05. The zero-order chi connectivity index (χ0) is 14.5. The zero-order valence-corrected chi connectivity index (χ0v) is 13.1. The molecule has 3 heteroatoms. The molecule has 108 valence electrons. The SMILES string of the molecule is CC1(C)[C@H]2CC[C@@](C)(C2)[C@@H]1NC(=O)c1ccc(Cl)cc1. The van der Waals surface area contributed by atoms with Gasteiger partial charge in [-0.15, -0.1) is 0 Å². The van der Waals surface area contributed by atoms with Gasteiger partial charge in [0.05, 0.1) is 0 Å². The van der Waals surface area contributed by atoms with Crippen LogP contribution in [0.15, 0.2) is 24.3 Å². The summed E-state index contributed by atoms with van der Waals surface area (Å²) in [6.45, 7) is 6.93. The summed E-state index contributed by atoms with van der Waals surface area (Å²) >= 11 is 5.87. The third-order valence-corrected chi connectivity index (χ3v) is 5.90. The molecule has 2 saturated carbocycles. The normalized spacial score (nSPS) is 34.2. The Balaban J connectivity index is 1.80. The van der Waals surface area contributed by atoms with Crippen LogP contribution in [0.3, 0.4) is 0 Å². The van der Waals surface area contributed by atoms with E-state index in [0.29, 0.717) is 10.6 Å². The molecule has 0 radical (unpaired) electrons. The third-order valence-electron chi connectivity index (χ3n) is 5.65. The predicted octanol–water partition coefficient (Wildman–Crippen LogP) is 4.28. The van der Waals surface area contributed by atoms with Crippen LogP contribution in [0.5, 0.6) is 0 Å². The number of carbonyl (C=O) groups is 1. The van der Waals surface area contributed by atoms with Crippen molar-refractivity contribution in [2.24, 2.45) is 16.7 Å². The van der Waals surface area contributed by atoms with Gasteiger partial charge in [0.1, 0.15) is 0 Å². The summed E-state index contributed by atoms with van der Waals surface area (Å²) in [4.78, 5) is 12.5. The first kappa shape index (κ1) is 13.9. The quantitative estimate of drug-likeness (QED) is 0.865. The van der Waals surface area contributed by atoms with E-state index in [1.807, 2.05) is 0 Å². The van der Waals surface area contributed by atoms with E-state index in [0.717, 1.165) is 5.92 Å². The Morgan fingerprint density at radius 1 is 1.25 bits per heavy atom. The van der Waals surface area contributed by atoms with Crippen LogP contribution in [-0.4, -0.2) is 11.9 Å². The lowest BCUT2D eigenvalue weighted by atomic mass is 9.68. The van der Waals surface area contributed by atoms with Crippen molar-refractivity contribution >= 4 is 17.5 Å². The second-order valence-corrected chi connectivity index (χ2v) is 7.76. The van der Waals surface area contributed by atoms with Crippen molar-refractivity contribution in [3.05, 3.63) is 34.9 Å². The van der Waals surface area contributed by atoms with Gasteiger partial charge < -0.3 is 5.32 Å². The molecule has 1 amide bonds. The maximum absolute atomic E-state index is 12.5. The average molecular weight is 292 g/mol. The van der Waals surface area contributed by atoms with Gasteiger partial charge in [-0.3, -0.25) is 4.79 Å². The molecule has 0 aliphatic heterocycles. The van der Waals surface area contributed by atoms with Gasteiger partial charge in [-0.2, -0.15) is 0 Å². The van der Waals surface area contributed by atoms with Crippen molar-refractivity contribution in [3.63, 3.8) is 0 Å². The highest BCUT2D eigenvalue weighted by Gasteiger charge is 2.59. The first-order valence-corrected chi connectivity index (χ1v) is 7.77. The molecule has 1 aromatic carbocycles. The molecule has 2 bridgehead atoms. The van der Waals surface area contributed by atoms with Crippen LogP contribution in [-0.2, 0) is 0 Å². The van der Waals surface area contributed by atoms with Crippen molar-refractivity contribution in [2.45, 2.75) is 46.1 Å². The highest BCUT2D eigenvalue weighted by atomic mass is 35.5. The van der Waals surface area contributed by atoms with Crippen molar-refractivity contribution in [2.75, 3.05) is 0 Å². The Labute approximate surface area is 125 Å². The predicted molar refractivity (Wildman–Crippen MR) is 81.9 cm³/mol. The molecular formula is C17H22ClNO. The number of halogens is 1. The molecule has 20 heavy (non-hydrogen) atoms. The number of hydrogen-bond donors (Lipinski definition) is 1. The highest BCUT2D eigenvalue weighted by Crippen LogP contribution is 2.62. The van der Waals surface area contributed by atoms with Gasteiger partial charge in [0.25, 0.3) is 5.91 Å². The Kier molecular flexibility index (Phi) is 3.13. The second-order valence-electron chi connectivity index (χ2n) is 7.33. The van der Waals surface area contributed by atoms with E-state index in [1.54, 1.807) is 24.3 Å². The molecule has 0 aromatic heterocycles. The smallest absolute Gasteiger partial charge is 0.251 e. The van der Waals surface area contributed by atoms with Gasteiger partial charge in [0.2, 0.25) is 0 Å². The molecule has 0 spiro atoms. The van der Waals surface area contributed by atoms with Crippen LogP contribution < -0.4 is 5.32 Å². The Morgan fingerprint density at radius 3 is 2.45 bits per heavy atom. The second kappa shape index (κ2) is 4.49. The number of nitrogens with one attached hydrogen (secondary N) is 1. The summed E-state index contributed by atoms with van der Waals surface area (Å²) in [5.41, 5.74) is 1.14. The number of rotatable bonds is 2. The Hall–Kier alpha value is -1.02. The van der Waals surface area contributed by atoms with Gasteiger partial charge in [0.15, 0.2) is 0 Å². The summed E-state index contributed by atoms with van der Waals surface area (Å²) in [6, 6.07) is 7.38. The lowest BCUT2D eigenvalue weighted by molar-refractivity contribution is 0.0737. The maximum Gasteiger partial charge on any atom is 0.251 e. The van der Waals surface area contributed by atoms with Crippen molar-refractivity contribution in [1.29, 1.82) is 0 Å². The van der Waals surface area contributed by atoms with Gasteiger partial charge in [-0.1, -0.05) is 32.4 Å². The van der Waals surface area contributed by atoms with Gasteiger partial charge >= 0.3 is 0 Å².